The predicted octanol–water partition coefficient (Wildman–Crippen LogP) is 2.89. The average molecular weight is 251 g/mol. The zero-order valence-electron chi connectivity index (χ0n) is 11.8. The van der Waals surface area contributed by atoms with Crippen molar-refractivity contribution >= 4 is 11.8 Å². The molecule has 3 atom stereocenters. The molecule has 2 rings (SSSR count). The molecular formula is C15H25NO2. The summed E-state index contributed by atoms with van der Waals surface area (Å²) in [6.07, 6.45) is 6.20. The lowest BCUT2D eigenvalue weighted by Crippen LogP contribution is -2.50. The number of imide groups is 1. The molecule has 102 valence electrons. The highest BCUT2D eigenvalue weighted by molar-refractivity contribution is 5.99. The summed E-state index contributed by atoms with van der Waals surface area (Å²) in [5.41, 5.74) is -0.0525. The molecule has 1 heterocycles. The number of hydrogen-bond acceptors (Lipinski definition) is 2. The maximum Gasteiger partial charge on any atom is 0.229 e. The number of amides is 2. The quantitative estimate of drug-likeness (QED) is 0.728. The Bertz CT molecular complexity index is 350. The molecule has 1 spiro atoms. The van der Waals surface area contributed by atoms with E-state index in [-0.39, 0.29) is 23.1 Å². The second kappa shape index (κ2) is 5.02. The fraction of sp³-hybridized carbons (Fsp3) is 0.867. The van der Waals surface area contributed by atoms with Gasteiger partial charge in [0.2, 0.25) is 11.8 Å². The standard InChI is InChI=1S/C15H25NO2/c1-10(2)12-5-4-7-15(8-6-12)9-13(17)16-14(18)11(15)3/h10-12H,4-9H2,1-3H3,(H,16,17,18). The molecule has 0 aromatic carbocycles. The Hall–Kier alpha value is -0.860. The number of piperidine rings is 1. The van der Waals surface area contributed by atoms with Crippen LogP contribution >= 0.6 is 0 Å². The van der Waals surface area contributed by atoms with E-state index in [4.69, 9.17) is 0 Å². The Morgan fingerprint density at radius 1 is 1.22 bits per heavy atom. The van der Waals surface area contributed by atoms with Crippen molar-refractivity contribution in [2.75, 3.05) is 0 Å². The molecule has 18 heavy (non-hydrogen) atoms. The van der Waals surface area contributed by atoms with Crippen LogP contribution in [0.1, 0.15) is 59.3 Å². The number of carbonyl (C=O) groups is 2. The van der Waals surface area contributed by atoms with Crippen LogP contribution in [-0.4, -0.2) is 11.8 Å². The molecule has 0 radical (unpaired) electrons. The largest absolute Gasteiger partial charge is 0.296 e. The SMILES string of the molecule is CC(C)C1CCCC2(CC1)CC(=O)NC(=O)C2C. The van der Waals surface area contributed by atoms with Crippen molar-refractivity contribution in [3.63, 3.8) is 0 Å². The Morgan fingerprint density at radius 2 is 1.94 bits per heavy atom. The van der Waals surface area contributed by atoms with Crippen molar-refractivity contribution in [3.05, 3.63) is 0 Å². The van der Waals surface area contributed by atoms with E-state index in [1.807, 2.05) is 6.92 Å². The lowest BCUT2D eigenvalue weighted by atomic mass is 9.66. The highest BCUT2D eigenvalue weighted by Crippen LogP contribution is 2.48. The molecule has 2 aliphatic rings. The van der Waals surface area contributed by atoms with Crippen molar-refractivity contribution in [1.82, 2.24) is 5.32 Å². The van der Waals surface area contributed by atoms with Gasteiger partial charge in [-0.1, -0.05) is 33.6 Å². The Balaban J connectivity index is 2.15. The zero-order valence-corrected chi connectivity index (χ0v) is 11.8. The van der Waals surface area contributed by atoms with Crippen molar-refractivity contribution < 1.29 is 9.59 Å². The van der Waals surface area contributed by atoms with Gasteiger partial charge in [0.15, 0.2) is 0 Å². The molecule has 3 nitrogen and oxygen atoms in total. The van der Waals surface area contributed by atoms with Gasteiger partial charge >= 0.3 is 0 Å². The van der Waals surface area contributed by atoms with Gasteiger partial charge in [-0.3, -0.25) is 14.9 Å². The Kier molecular flexibility index (Phi) is 3.79. The first-order chi connectivity index (χ1) is 8.44. The zero-order chi connectivity index (χ0) is 13.3. The third kappa shape index (κ3) is 2.45. The molecule has 3 heteroatoms. The first-order valence-electron chi connectivity index (χ1n) is 7.28. The highest BCUT2D eigenvalue weighted by Gasteiger charge is 2.46. The monoisotopic (exact) mass is 251 g/mol. The Labute approximate surface area is 110 Å². The van der Waals surface area contributed by atoms with E-state index in [1.54, 1.807) is 0 Å². The topological polar surface area (TPSA) is 46.2 Å². The van der Waals surface area contributed by atoms with E-state index in [1.165, 1.54) is 12.8 Å². The predicted molar refractivity (Wildman–Crippen MR) is 70.8 cm³/mol. The second-order valence-electron chi connectivity index (χ2n) is 6.61. The molecular weight excluding hydrogens is 226 g/mol. The molecule has 1 saturated heterocycles. The second-order valence-corrected chi connectivity index (χ2v) is 6.61. The smallest absolute Gasteiger partial charge is 0.229 e. The van der Waals surface area contributed by atoms with Crippen molar-refractivity contribution in [2.45, 2.75) is 59.3 Å². The molecule has 1 aliphatic carbocycles. The summed E-state index contributed by atoms with van der Waals surface area (Å²) in [5, 5.41) is 2.48. The van der Waals surface area contributed by atoms with Crippen molar-refractivity contribution in [2.24, 2.45) is 23.2 Å². The maximum atomic E-state index is 11.9. The summed E-state index contributed by atoms with van der Waals surface area (Å²) in [6, 6.07) is 0. The van der Waals surface area contributed by atoms with Crippen molar-refractivity contribution in [3.8, 4) is 0 Å². The minimum Gasteiger partial charge on any atom is -0.296 e. The third-order valence-corrected chi connectivity index (χ3v) is 5.29. The van der Waals surface area contributed by atoms with Crippen LogP contribution in [0.3, 0.4) is 0 Å². The van der Waals surface area contributed by atoms with Gasteiger partial charge < -0.3 is 0 Å². The van der Waals surface area contributed by atoms with Crippen LogP contribution in [0.15, 0.2) is 0 Å². The van der Waals surface area contributed by atoms with Gasteiger partial charge in [-0.2, -0.15) is 0 Å². The van der Waals surface area contributed by atoms with E-state index >= 15 is 0 Å². The van der Waals surface area contributed by atoms with Crippen LogP contribution in [0.2, 0.25) is 0 Å². The van der Waals surface area contributed by atoms with Gasteiger partial charge in [0.05, 0.1) is 0 Å². The van der Waals surface area contributed by atoms with Gasteiger partial charge in [0.25, 0.3) is 0 Å². The summed E-state index contributed by atoms with van der Waals surface area (Å²) in [6.45, 7) is 6.56. The summed E-state index contributed by atoms with van der Waals surface area (Å²) in [7, 11) is 0. The van der Waals surface area contributed by atoms with Gasteiger partial charge in [0.1, 0.15) is 0 Å². The normalized spacial score (nSPS) is 37.8. The van der Waals surface area contributed by atoms with Gasteiger partial charge in [-0.15, -0.1) is 0 Å². The molecule has 3 unspecified atom stereocenters. The van der Waals surface area contributed by atoms with E-state index in [2.05, 4.69) is 19.2 Å². The minimum absolute atomic E-state index is 0.0129. The summed E-state index contributed by atoms with van der Waals surface area (Å²) < 4.78 is 0. The number of rotatable bonds is 1. The fourth-order valence-electron chi connectivity index (χ4n) is 3.78. The lowest BCUT2D eigenvalue weighted by Gasteiger charge is -2.40. The summed E-state index contributed by atoms with van der Waals surface area (Å²) in [5.74, 6) is 1.33. The lowest BCUT2D eigenvalue weighted by molar-refractivity contribution is -0.143. The molecule has 1 N–H and O–H groups in total. The average Bonchev–Trinajstić information content (AvgIpc) is 2.49. The molecule has 2 amide bonds. The van der Waals surface area contributed by atoms with Gasteiger partial charge in [0, 0.05) is 12.3 Å². The first-order valence-corrected chi connectivity index (χ1v) is 7.28. The Morgan fingerprint density at radius 3 is 2.61 bits per heavy atom. The maximum absolute atomic E-state index is 11.9. The molecule has 2 fully saturated rings. The van der Waals surface area contributed by atoms with Crippen LogP contribution in [0.5, 0.6) is 0 Å². The summed E-state index contributed by atoms with van der Waals surface area (Å²) in [4.78, 5) is 23.6. The number of nitrogens with one attached hydrogen (secondary N) is 1. The minimum atomic E-state index is -0.0684. The van der Waals surface area contributed by atoms with Crippen molar-refractivity contribution in [1.29, 1.82) is 0 Å². The van der Waals surface area contributed by atoms with Crippen LogP contribution in [0.25, 0.3) is 0 Å². The molecule has 0 bridgehead atoms. The van der Waals surface area contributed by atoms with Gasteiger partial charge in [-0.05, 0) is 36.5 Å². The van der Waals surface area contributed by atoms with E-state index in [0.29, 0.717) is 12.3 Å². The third-order valence-electron chi connectivity index (χ3n) is 5.29. The van der Waals surface area contributed by atoms with Crippen LogP contribution < -0.4 is 5.32 Å². The van der Waals surface area contributed by atoms with E-state index in [0.717, 1.165) is 25.2 Å². The van der Waals surface area contributed by atoms with E-state index in [9.17, 15) is 9.59 Å². The van der Waals surface area contributed by atoms with Crippen LogP contribution in [0.4, 0.5) is 0 Å². The molecule has 0 aromatic heterocycles. The van der Waals surface area contributed by atoms with Gasteiger partial charge in [-0.25, -0.2) is 0 Å². The number of carbonyl (C=O) groups excluding carboxylic acids is 2. The molecule has 1 saturated carbocycles. The molecule has 1 aliphatic heterocycles. The fourth-order valence-corrected chi connectivity index (χ4v) is 3.78. The summed E-state index contributed by atoms with van der Waals surface area (Å²) >= 11 is 0. The first kappa shape index (κ1) is 13.6. The molecule has 0 aromatic rings. The number of hydrogen-bond donors (Lipinski definition) is 1. The van der Waals surface area contributed by atoms with Crippen LogP contribution in [-0.2, 0) is 9.59 Å². The van der Waals surface area contributed by atoms with E-state index < -0.39 is 0 Å². The van der Waals surface area contributed by atoms with Crippen LogP contribution in [0, 0.1) is 23.2 Å². The highest BCUT2D eigenvalue weighted by atomic mass is 16.2.